The predicted molar refractivity (Wildman–Crippen MR) is 105 cm³/mol. The summed E-state index contributed by atoms with van der Waals surface area (Å²) < 4.78 is 0. The molecule has 3 heteroatoms. The third-order valence-electron chi connectivity index (χ3n) is 4.35. The van der Waals surface area contributed by atoms with Crippen LogP contribution in [-0.2, 0) is 27.3 Å². The van der Waals surface area contributed by atoms with Crippen molar-refractivity contribution in [1.29, 1.82) is 0 Å². The van der Waals surface area contributed by atoms with Gasteiger partial charge < -0.3 is 0 Å². The standard InChI is InChI=1S/C21H23.2ClH.Zr/c1-5-16-10-11-17-12-15(4)13-20(17)21(16)19-9-7-6-8-18(19)14(2)3;;;/h6-14H,5H2,1-4H3;2*1H;/q-1;;;+2/p-2. The molecule has 3 aromatic rings. The molecule has 0 saturated carbocycles. The molecule has 0 atom stereocenters. The second kappa shape index (κ2) is 9.28. The Kier molecular flexibility index (Phi) is 7.67. The molecule has 0 unspecified atom stereocenters. The van der Waals surface area contributed by atoms with Crippen molar-refractivity contribution in [3.63, 3.8) is 0 Å². The van der Waals surface area contributed by atoms with Crippen molar-refractivity contribution in [2.24, 2.45) is 0 Å². The molecule has 0 fully saturated rings. The Morgan fingerprint density at radius 3 is 2.38 bits per heavy atom. The maximum atomic E-state index is 4.93. The van der Waals surface area contributed by atoms with Crippen molar-refractivity contribution in [2.75, 3.05) is 0 Å². The summed E-state index contributed by atoms with van der Waals surface area (Å²) in [4.78, 5) is 0. The summed E-state index contributed by atoms with van der Waals surface area (Å²) in [5.41, 5.74) is 7.08. The molecule has 0 aliphatic carbocycles. The van der Waals surface area contributed by atoms with Crippen LogP contribution in [0.3, 0.4) is 0 Å². The van der Waals surface area contributed by atoms with Crippen LogP contribution in [-0.4, -0.2) is 0 Å². The Balaban J connectivity index is 0.000000647. The van der Waals surface area contributed by atoms with Gasteiger partial charge in [-0.25, -0.2) is 0 Å². The number of fused-ring (bicyclic) bond motifs is 1. The SMILES string of the molecule is CCc1ccc2[cH-]c(C)cc2c1-c1ccccc1C(C)C.[Cl][Zr][Cl]. The van der Waals surface area contributed by atoms with E-state index in [1.807, 2.05) is 0 Å². The van der Waals surface area contributed by atoms with Crippen LogP contribution in [0.25, 0.3) is 21.9 Å². The van der Waals surface area contributed by atoms with E-state index in [4.69, 9.17) is 17.0 Å². The third kappa shape index (κ3) is 4.37. The first-order valence-corrected chi connectivity index (χ1v) is 14.6. The van der Waals surface area contributed by atoms with Crippen LogP contribution in [0, 0.1) is 6.92 Å². The molecular weight excluding hydrogens is 414 g/mol. The molecule has 0 aromatic heterocycles. The third-order valence-corrected chi connectivity index (χ3v) is 4.35. The van der Waals surface area contributed by atoms with Crippen molar-refractivity contribution in [3.05, 3.63) is 65.2 Å². The number of hydrogen-bond acceptors (Lipinski definition) is 0. The molecule has 0 radical (unpaired) electrons. The minimum absolute atomic E-state index is 0.539. The molecular formula is C21H23Cl2Zr-. The van der Waals surface area contributed by atoms with E-state index in [0.29, 0.717) is 5.92 Å². The summed E-state index contributed by atoms with van der Waals surface area (Å²) in [7, 11) is 9.87. The molecule has 24 heavy (non-hydrogen) atoms. The van der Waals surface area contributed by atoms with Crippen LogP contribution in [0.1, 0.15) is 43.4 Å². The number of aryl methyl sites for hydroxylation is 2. The van der Waals surface area contributed by atoms with E-state index in [1.54, 1.807) is 0 Å². The molecule has 3 aromatic carbocycles. The number of benzene rings is 2. The molecule has 0 aliphatic rings. The predicted octanol–water partition coefficient (Wildman–Crippen LogP) is 7.60. The summed E-state index contributed by atoms with van der Waals surface area (Å²) in [5, 5.41) is 2.76. The van der Waals surface area contributed by atoms with Gasteiger partial charge in [-0.1, -0.05) is 63.1 Å². The van der Waals surface area contributed by atoms with Crippen molar-refractivity contribution in [1.82, 2.24) is 0 Å². The molecule has 0 spiro atoms. The molecule has 0 nitrogen and oxygen atoms in total. The fourth-order valence-electron chi connectivity index (χ4n) is 3.32. The van der Waals surface area contributed by atoms with Gasteiger partial charge >= 0.3 is 37.9 Å². The molecule has 0 bridgehead atoms. The van der Waals surface area contributed by atoms with Gasteiger partial charge in [-0.15, -0.1) is 34.5 Å². The fraction of sp³-hybridized carbons (Fsp3) is 0.286. The zero-order valence-corrected chi connectivity index (χ0v) is 18.6. The van der Waals surface area contributed by atoms with Gasteiger partial charge in [0.05, 0.1) is 0 Å². The maximum absolute atomic E-state index is 4.93. The average Bonchev–Trinajstić information content (AvgIpc) is 2.94. The second-order valence-electron chi connectivity index (χ2n) is 6.30. The van der Waals surface area contributed by atoms with E-state index >= 15 is 0 Å². The van der Waals surface area contributed by atoms with E-state index in [0.717, 1.165) is 6.42 Å². The summed E-state index contributed by atoms with van der Waals surface area (Å²) in [6.07, 6.45) is 1.07. The Morgan fingerprint density at radius 1 is 1.08 bits per heavy atom. The summed E-state index contributed by atoms with van der Waals surface area (Å²) in [6.45, 7) is 8.99. The molecule has 0 N–H and O–H groups in total. The van der Waals surface area contributed by atoms with Crippen LogP contribution in [0.15, 0.2) is 48.5 Å². The first-order chi connectivity index (χ1) is 11.5. The Hall–Kier alpha value is -0.487. The van der Waals surface area contributed by atoms with Gasteiger partial charge in [-0.05, 0) is 23.5 Å². The van der Waals surface area contributed by atoms with Crippen molar-refractivity contribution < 1.29 is 20.8 Å². The Bertz CT molecular complexity index is 803. The molecule has 0 heterocycles. The summed E-state index contributed by atoms with van der Waals surface area (Å²) >= 11 is -0.826. The number of hydrogen-bond donors (Lipinski definition) is 0. The number of rotatable bonds is 3. The Labute approximate surface area is 164 Å². The molecule has 0 aliphatic heterocycles. The van der Waals surface area contributed by atoms with Gasteiger partial charge in [0.15, 0.2) is 0 Å². The fourth-order valence-corrected chi connectivity index (χ4v) is 3.32. The van der Waals surface area contributed by atoms with E-state index in [1.165, 1.54) is 38.6 Å². The van der Waals surface area contributed by atoms with Crippen molar-refractivity contribution >= 4 is 27.8 Å². The second-order valence-corrected chi connectivity index (χ2v) is 10.0. The van der Waals surface area contributed by atoms with Gasteiger partial charge in [-0.2, -0.15) is 6.07 Å². The van der Waals surface area contributed by atoms with Crippen molar-refractivity contribution in [3.8, 4) is 11.1 Å². The van der Waals surface area contributed by atoms with Gasteiger partial charge in [0.2, 0.25) is 0 Å². The monoisotopic (exact) mass is 435 g/mol. The summed E-state index contributed by atoms with van der Waals surface area (Å²) in [6, 6.07) is 18.1. The van der Waals surface area contributed by atoms with Crippen LogP contribution >= 0.6 is 17.0 Å². The molecule has 0 saturated heterocycles. The van der Waals surface area contributed by atoms with Gasteiger partial charge in [0, 0.05) is 0 Å². The topological polar surface area (TPSA) is 0 Å². The molecule has 0 amide bonds. The van der Waals surface area contributed by atoms with Crippen LogP contribution in [0.5, 0.6) is 0 Å². The summed E-state index contributed by atoms with van der Waals surface area (Å²) in [5.74, 6) is 0.539. The molecule has 126 valence electrons. The average molecular weight is 438 g/mol. The van der Waals surface area contributed by atoms with Crippen LogP contribution in [0.2, 0.25) is 0 Å². The quantitative estimate of drug-likeness (QED) is 0.370. The van der Waals surface area contributed by atoms with E-state index < -0.39 is 20.8 Å². The van der Waals surface area contributed by atoms with E-state index in [2.05, 4.69) is 76.2 Å². The zero-order chi connectivity index (χ0) is 17.7. The van der Waals surface area contributed by atoms with E-state index in [9.17, 15) is 0 Å². The zero-order valence-electron chi connectivity index (χ0n) is 14.7. The van der Waals surface area contributed by atoms with Gasteiger partial charge in [0.1, 0.15) is 0 Å². The normalized spacial score (nSPS) is 10.6. The number of halogens is 2. The first-order valence-electron chi connectivity index (χ1n) is 8.27. The minimum atomic E-state index is -0.826. The molecule has 3 rings (SSSR count). The van der Waals surface area contributed by atoms with Gasteiger partial charge in [0.25, 0.3) is 0 Å². The van der Waals surface area contributed by atoms with Crippen LogP contribution < -0.4 is 0 Å². The first kappa shape index (κ1) is 19.8. The van der Waals surface area contributed by atoms with Gasteiger partial charge in [-0.3, -0.25) is 0 Å². The Morgan fingerprint density at radius 2 is 1.75 bits per heavy atom. The van der Waals surface area contributed by atoms with E-state index in [-0.39, 0.29) is 0 Å². The van der Waals surface area contributed by atoms with Crippen molar-refractivity contribution in [2.45, 2.75) is 40.0 Å². The van der Waals surface area contributed by atoms with Crippen LogP contribution in [0.4, 0.5) is 0 Å².